The molecule has 0 amide bonds. The molecule has 1 fully saturated rings. The van der Waals surface area contributed by atoms with Crippen LogP contribution in [-0.2, 0) is 5.41 Å². The topological polar surface area (TPSA) is 77.8 Å². The average Bonchev–Trinajstić information content (AvgIpc) is 2.78. The molecule has 5 nitrogen and oxygen atoms in total. The maximum absolute atomic E-state index is 5.83. The largest absolute Gasteiger partial charge is 0.338 e. The van der Waals surface area contributed by atoms with Gasteiger partial charge < -0.3 is 10.3 Å². The lowest BCUT2D eigenvalue weighted by molar-refractivity contribution is 0.182. The maximum atomic E-state index is 5.83. The first-order valence-electron chi connectivity index (χ1n) is 6.21. The van der Waals surface area contributed by atoms with Crippen molar-refractivity contribution in [3.05, 3.63) is 29.8 Å². The zero-order valence-electron chi connectivity index (χ0n) is 10.4. The summed E-state index contributed by atoms with van der Waals surface area (Å²) in [7, 11) is 0. The van der Waals surface area contributed by atoms with Gasteiger partial charge >= 0.3 is 0 Å². The highest BCUT2D eigenvalue weighted by Gasteiger charge is 2.42. The van der Waals surface area contributed by atoms with Gasteiger partial charge in [-0.15, -0.1) is 0 Å². The van der Waals surface area contributed by atoms with Gasteiger partial charge in [-0.2, -0.15) is 4.98 Å². The fourth-order valence-corrected chi connectivity index (χ4v) is 2.31. The number of pyridine rings is 1. The van der Waals surface area contributed by atoms with Crippen LogP contribution in [0.25, 0.3) is 11.5 Å². The van der Waals surface area contributed by atoms with Crippen molar-refractivity contribution in [2.75, 3.05) is 6.54 Å². The van der Waals surface area contributed by atoms with Crippen LogP contribution >= 0.6 is 0 Å². The maximum Gasteiger partial charge on any atom is 0.234 e. The van der Waals surface area contributed by atoms with Crippen LogP contribution < -0.4 is 5.73 Å². The molecule has 0 aliphatic heterocycles. The van der Waals surface area contributed by atoms with Gasteiger partial charge in [0.15, 0.2) is 0 Å². The number of rotatable bonds is 3. The Morgan fingerprint density at radius 2 is 2.28 bits per heavy atom. The highest BCUT2D eigenvalue weighted by atomic mass is 16.5. The first kappa shape index (κ1) is 11.3. The lowest BCUT2D eigenvalue weighted by Crippen LogP contribution is -2.41. The molecular formula is C13H16N4O. The molecule has 0 radical (unpaired) electrons. The van der Waals surface area contributed by atoms with Gasteiger partial charge in [0.25, 0.3) is 0 Å². The molecule has 0 aromatic carbocycles. The van der Waals surface area contributed by atoms with E-state index in [1.165, 1.54) is 6.42 Å². The van der Waals surface area contributed by atoms with Crippen LogP contribution in [0.3, 0.4) is 0 Å². The minimum absolute atomic E-state index is 0.0882. The summed E-state index contributed by atoms with van der Waals surface area (Å²) in [6.45, 7) is 2.58. The summed E-state index contributed by atoms with van der Waals surface area (Å²) < 4.78 is 5.38. The third kappa shape index (κ3) is 1.71. The van der Waals surface area contributed by atoms with Crippen molar-refractivity contribution < 1.29 is 4.52 Å². The molecule has 2 heterocycles. The van der Waals surface area contributed by atoms with E-state index in [2.05, 4.69) is 15.1 Å². The Balaban J connectivity index is 1.94. The van der Waals surface area contributed by atoms with E-state index in [0.717, 1.165) is 24.1 Å². The SMILES string of the molecule is Cc1ccnc(-c2noc(C3(CN)CCC3)n2)c1. The number of aryl methyl sites for hydroxylation is 1. The fraction of sp³-hybridized carbons (Fsp3) is 0.462. The molecule has 0 saturated heterocycles. The Labute approximate surface area is 105 Å². The highest BCUT2D eigenvalue weighted by molar-refractivity contribution is 5.49. The predicted octanol–water partition coefficient (Wildman–Crippen LogP) is 1.82. The molecular weight excluding hydrogens is 228 g/mol. The van der Waals surface area contributed by atoms with Crippen LogP contribution in [0.5, 0.6) is 0 Å². The van der Waals surface area contributed by atoms with Crippen LogP contribution in [0.15, 0.2) is 22.9 Å². The molecule has 2 aromatic rings. The summed E-state index contributed by atoms with van der Waals surface area (Å²) >= 11 is 0. The molecule has 1 aliphatic rings. The molecule has 2 aromatic heterocycles. The highest BCUT2D eigenvalue weighted by Crippen LogP contribution is 2.42. The molecule has 0 bridgehead atoms. The molecule has 94 valence electrons. The number of nitrogens with zero attached hydrogens (tertiary/aromatic N) is 3. The second kappa shape index (κ2) is 4.17. The Kier molecular flexibility index (Phi) is 2.63. The first-order chi connectivity index (χ1) is 8.73. The van der Waals surface area contributed by atoms with E-state index in [1.54, 1.807) is 6.20 Å². The Hall–Kier alpha value is -1.75. The number of hydrogen-bond acceptors (Lipinski definition) is 5. The summed E-state index contributed by atoms with van der Waals surface area (Å²) in [4.78, 5) is 8.72. The zero-order chi connectivity index (χ0) is 12.6. The van der Waals surface area contributed by atoms with Gasteiger partial charge in [-0.1, -0.05) is 11.6 Å². The summed E-state index contributed by atoms with van der Waals surface area (Å²) in [5, 5.41) is 4.02. The lowest BCUT2D eigenvalue weighted by Gasteiger charge is -2.36. The minimum atomic E-state index is -0.0882. The number of hydrogen-bond donors (Lipinski definition) is 1. The van der Waals surface area contributed by atoms with Crippen molar-refractivity contribution in [3.8, 4) is 11.5 Å². The Bertz CT molecular complexity index is 554. The molecule has 18 heavy (non-hydrogen) atoms. The first-order valence-corrected chi connectivity index (χ1v) is 6.21. The van der Waals surface area contributed by atoms with Crippen molar-refractivity contribution >= 4 is 0 Å². The lowest BCUT2D eigenvalue weighted by atomic mass is 9.69. The van der Waals surface area contributed by atoms with Crippen molar-refractivity contribution in [1.82, 2.24) is 15.1 Å². The van der Waals surface area contributed by atoms with Gasteiger partial charge in [0.05, 0.1) is 5.41 Å². The van der Waals surface area contributed by atoms with Gasteiger partial charge in [-0.3, -0.25) is 4.98 Å². The van der Waals surface area contributed by atoms with Crippen LogP contribution in [0.4, 0.5) is 0 Å². The minimum Gasteiger partial charge on any atom is -0.338 e. The molecule has 1 aliphatic carbocycles. The normalized spacial score (nSPS) is 17.4. The summed E-state index contributed by atoms with van der Waals surface area (Å²) in [5.41, 5.74) is 7.62. The number of nitrogens with two attached hydrogens (primary N) is 1. The molecule has 1 saturated carbocycles. The third-order valence-electron chi connectivity index (χ3n) is 3.73. The Morgan fingerprint density at radius 1 is 1.44 bits per heavy atom. The van der Waals surface area contributed by atoms with E-state index in [0.29, 0.717) is 18.3 Å². The summed E-state index contributed by atoms with van der Waals surface area (Å²) in [5.74, 6) is 1.21. The van der Waals surface area contributed by atoms with Gasteiger partial charge in [0, 0.05) is 12.7 Å². The monoisotopic (exact) mass is 244 g/mol. The molecule has 2 N–H and O–H groups in total. The van der Waals surface area contributed by atoms with Gasteiger partial charge in [0.1, 0.15) is 5.69 Å². The summed E-state index contributed by atoms with van der Waals surface area (Å²) in [6.07, 6.45) is 5.00. The van der Waals surface area contributed by atoms with E-state index < -0.39 is 0 Å². The van der Waals surface area contributed by atoms with Crippen molar-refractivity contribution in [3.63, 3.8) is 0 Å². The smallest absolute Gasteiger partial charge is 0.234 e. The van der Waals surface area contributed by atoms with Crippen LogP contribution in [0.1, 0.15) is 30.7 Å². The van der Waals surface area contributed by atoms with E-state index in [9.17, 15) is 0 Å². The van der Waals surface area contributed by atoms with E-state index in [-0.39, 0.29) is 5.41 Å². The number of aromatic nitrogens is 3. The van der Waals surface area contributed by atoms with Crippen molar-refractivity contribution in [1.29, 1.82) is 0 Å². The molecule has 0 unspecified atom stereocenters. The van der Waals surface area contributed by atoms with Crippen molar-refractivity contribution in [2.45, 2.75) is 31.6 Å². The van der Waals surface area contributed by atoms with E-state index in [4.69, 9.17) is 10.3 Å². The van der Waals surface area contributed by atoms with Crippen LogP contribution in [-0.4, -0.2) is 21.7 Å². The molecule has 0 spiro atoms. The molecule has 5 heteroatoms. The van der Waals surface area contributed by atoms with Gasteiger partial charge in [-0.25, -0.2) is 0 Å². The Morgan fingerprint density at radius 3 is 2.89 bits per heavy atom. The van der Waals surface area contributed by atoms with E-state index >= 15 is 0 Å². The van der Waals surface area contributed by atoms with Crippen LogP contribution in [0.2, 0.25) is 0 Å². The van der Waals surface area contributed by atoms with E-state index in [1.807, 2.05) is 19.1 Å². The average molecular weight is 244 g/mol. The molecule has 0 atom stereocenters. The second-order valence-corrected chi connectivity index (χ2v) is 4.98. The van der Waals surface area contributed by atoms with Crippen molar-refractivity contribution in [2.24, 2.45) is 5.73 Å². The summed E-state index contributed by atoms with van der Waals surface area (Å²) in [6, 6.07) is 3.89. The zero-order valence-corrected chi connectivity index (χ0v) is 10.4. The second-order valence-electron chi connectivity index (χ2n) is 4.98. The standard InChI is InChI=1S/C13H16N4O/c1-9-3-6-15-10(7-9)11-16-12(18-17-11)13(8-14)4-2-5-13/h3,6-7H,2,4-5,8,14H2,1H3. The van der Waals surface area contributed by atoms with Gasteiger partial charge in [-0.05, 0) is 37.5 Å². The quantitative estimate of drug-likeness (QED) is 0.891. The van der Waals surface area contributed by atoms with Crippen LogP contribution in [0, 0.1) is 6.92 Å². The fourth-order valence-electron chi connectivity index (χ4n) is 2.31. The molecule has 3 rings (SSSR count). The third-order valence-corrected chi connectivity index (χ3v) is 3.73. The van der Waals surface area contributed by atoms with Gasteiger partial charge in [0.2, 0.25) is 11.7 Å². The predicted molar refractivity (Wildman–Crippen MR) is 66.8 cm³/mol.